The average molecular weight is 397 g/mol. The molecule has 0 saturated heterocycles. The van der Waals surface area contributed by atoms with Crippen molar-refractivity contribution in [1.29, 1.82) is 0 Å². The van der Waals surface area contributed by atoms with Gasteiger partial charge in [0.15, 0.2) is 0 Å². The Morgan fingerprint density at radius 1 is 1.15 bits per heavy atom. The van der Waals surface area contributed by atoms with Crippen molar-refractivity contribution in [1.82, 2.24) is 9.71 Å². The second-order valence-electron chi connectivity index (χ2n) is 5.90. The van der Waals surface area contributed by atoms with E-state index >= 15 is 0 Å². The lowest BCUT2D eigenvalue weighted by atomic mass is 10.1. The van der Waals surface area contributed by atoms with Gasteiger partial charge < -0.3 is 5.32 Å². The summed E-state index contributed by atoms with van der Waals surface area (Å²) in [6, 6.07) is 13.9. The molecule has 0 saturated carbocycles. The molecule has 1 amide bonds. The number of benzene rings is 2. The SMILES string of the molecule is O=C1Nc2ccc(S(=O)(=O)NCc3ccccc3)cc2/C1=C\c1nccs1. The quantitative estimate of drug-likeness (QED) is 0.648. The lowest BCUT2D eigenvalue weighted by molar-refractivity contribution is -0.110. The fourth-order valence-electron chi connectivity index (χ4n) is 2.76. The highest BCUT2D eigenvalue weighted by molar-refractivity contribution is 7.89. The highest BCUT2D eigenvalue weighted by atomic mass is 32.2. The molecule has 0 fully saturated rings. The van der Waals surface area contributed by atoms with E-state index in [4.69, 9.17) is 0 Å². The molecule has 3 aromatic rings. The van der Waals surface area contributed by atoms with Crippen molar-refractivity contribution in [3.8, 4) is 0 Å². The molecule has 8 heteroatoms. The van der Waals surface area contributed by atoms with Gasteiger partial charge in [0.25, 0.3) is 5.91 Å². The van der Waals surface area contributed by atoms with Crippen LogP contribution in [0.1, 0.15) is 16.1 Å². The molecule has 2 heterocycles. The van der Waals surface area contributed by atoms with Gasteiger partial charge in [-0.2, -0.15) is 0 Å². The number of amides is 1. The van der Waals surface area contributed by atoms with Crippen LogP contribution >= 0.6 is 11.3 Å². The number of aromatic nitrogens is 1. The zero-order valence-electron chi connectivity index (χ0n) is 14.0. The maximum absolute atomic E-state index is 12.7. The molecule has 0 spiro atoms. The van der Waals surface area contributed by atoms with Crippen LogP contribution in [0.3, 0.4) is 0 Å². The van der Waals surface area contributed by atoms with Gasteiger partial charge in [-0.25, -0.2) is 18.1 Å². The van der Waals surface area contributed by atoms with Crippen molar-refractivity contribution in [3.63, 3.8) is 0 Å². The molecule has 2 N–H and O–H groups in total. The van der Waals surface area contributed by atoms with Crippen LogP contribution in [0, 0.1) is 0 Å². The summed E-state index contributed by atoms with van der Waals surface area (Å²) >= 11 is 1.40. The average Bonchev–Trinajstić information content (AvgIpc) is 3.29. The summed E-state index contributed by atoms with van der Waals surface area (Å²) in [6.45, 7) is 0.194. The lowest BCUT2D eigenvalue weighted by Gasteiger charge is -2.08. The third-order valence-electron chi connectivity index (χ3n) is 4.11. The second kappa shape index (κ2) is 7.07. The maximum Gasteiger partial charge on any atom is 0.256 e. The number of nitrogens with zero attached hydrogens (tertiary/aromatic N) is 1. The van der Waals surface area contributed by atoms with Crippen molar-refractivity contribution in [2.24, 2.45) is 0 Å². The minimum absolute atomic E-state index is 0.110. The first kappa shape index (κ1) is 17.6. The molecule has 1 aliphatic rings. The molecular weight excluding hydrogens is 382 g/mol. The summed E-state index contributed by atoms with van der Waals surface area (Å²) in [5.41, 5.74) is 2.41. The van der Waals surface area contributed by atoms with Crippen LogP contribution in [-0.4, -0.2) is 19.3 Å². The maximum atomic E-state index is 12.7. The highest BCUT2D eigenvalue weighted by Gasteiger charge is 2.26. The summed E-state index contributed by atoms with van der Waals surface area (Å²) in [5, 5.41) is 5.25. The van der Waals surface area contributed by atoms with E-state index in [1.807, 2.05) is 35.7 Å². The van der Waals surface area contributed by atoms with Gasteiger partial charge >= 0.3 is 0 Å². The van der Waals surface area contributed by atoms with E-state index in [1.165, 1.54) is 23.5 Å². The molecule has 1 aromatic heterocycles. The molecule has 27 heavy (non-hydrogen) atoms. The Labute approximate surface area is 160 Å². The van der Waals surface area contributed by atoms with Crippen molar-refractivity contribution in [2.45, 2.75) is 11.4 Å². The summed E-state index contributed by atoms with van der Waals surface area (Å²) in [7, 11) is -3.71. The van der Waals surface area contributed by atoms with Gasteiger partial charge in [-0.3, -0.25) is 4.79 Å². The minimum atomic E-state index is -3.71. The molecule has 6 nitrogen and oxygen atoms in total. The Morgan fingerprint density at radius 3 is 2.70 bits per heavy atom. The Kier molecular flexibility index (Phi) is 4.61. The van der Waals surface area contributed by atoms with E-state index in [1.54, 1.807) is 18.3 Å². The second-order valence-corrected chi connectivity index (χ2v) is 8.59. The molecule has 136 valence electrons. The number of thiazole rings is 1. The number of nitrogens with one attached hydrogen (secondary N) is 2. The van der Waals surface area contributed by atoms with Gasteiger partial charge in [0.1, 0.15) is 5.01 Å². The number of hydrogen-bond donors (Lipinski definition) is 2. The van der Waals surface area contributed by atoms with E-state index in [2.05, 4.69) is 15.0 Å². The number of carbonyl (C=O) groups excluding carboxylic acids is 1. The summed E-state index contributed by atoms with van der Waals surface area (Å²) in [6.07, 6.45) is 3.32. The van der Waals surface area contributed by atoms with Crippen molar-refractivity contribution >= 4 is 44.6 Å². The van der Waals surface area contributed by atoms with Crippen molar-refractivity contribution in [3.05, 3.63) is 76.2 Å². The number of hydrogen-bond acceptors (Lipinski definition) is 5. The first-order chi connectivity index (χ1) is 13.0. The number of anilines is 1. The van der Waals surface area contributed by atoms with E-state index in [9.17, 15) is 13.2 Å². The van der Waals surface area contributed by atoms with Crippen molar-refractivity contribution in [2.75, 3.05) is 5.32 Å². The third-order valence-corrected chi connectivity index (χ3v) is 6.23. The van der Waals surface area contributed by atoms with E-state index in [0.717, 1.165) is 5.56 Å². The van der Waals surface area contributed by atoms with Crippen LogP contribution in [0.25, 0.3) is 11.6 Å². The highest BCUT2D eigenvalue weighted by Crippen LogP contribution is 2.35. The smallest absolute Gasteiger partial charge is 0.256 e. The van der Waals surface area contributed by atoms with Crippen LogP contribution in [0.15, 0.2) is 65.0 Å². The summed E-state index contributed by atoms with van der Waals surface area (Å²) in [5.74, 6) is -0.271. The van der Waals surface area contributed by atoms with Gasteiger partial charge in [0.05, 0.1) is 10.5 Å². The summed E-state index contributed by atoms with van der Waals surface area (Å²) in [4.78, 5) is 16.5. The monoisotopic (exact) mass is 397 g/mol. The molecule has 0 aliphatic carbocycles. The lowest BCUT2D eigenvalue weighted by Crippen LogP contribution is -2.23. The van der Waals surface area contributed by atoms with Crippen LogP contribution in [0.5, 0.6) is 0 Å². The summed E-state index contributed by atoms with van der Waals surface area (Å²) < 4.78 is 27.9. The molecule has 0 radical (unpaired) electrons. The number of fused-ring (bicyclic) bond motifs is 1. The molecular formula is C19H15N3O3S2. The van der Waals surface area contributed by atoms with Crippen LogP contribution in [0.2, 0.25) is 0 Å². The van der Waals surface area contributed by atoms with Gasteiger partial charge in [-0.05, 0) is 29.8 Å². The molecule has 0 bridgehead atoms. The molecule has 0 unspecified atom stereocenters. The van der Waals surface area contributed by atoms with Gasteiger partial charge in [0, 0.05) is 29.4 Å². The van der Waals surface area contributed by atoms with Crippen LogP contribution in [0.4, 0.5) is 5.69 Å². The fraction of sp³-hybridized carbons (Fsp3) is 0.0526. The number of sulfonamides is 1. The Bertz CT molecular complexity index is 1120. The molecule has 4 rings (SSSR count). The molecule has 1 aliphatic heterocycles. The standard InChI is InChI=1S/C19H15N3O3S2/c23-19-16(11-18-20-8-9-26-18)15-10-14(6-7-17(15)22-19)27(24,25)21-12-13-4-2-1-3-5-13/h1-11,21H,12H2,(H,22,23)/b16-11+. The largest absolute Gasteiger partial charge is 0.321 e. The van der Waals surface area contributed by atoms with E-state index in [0.29, 0.717) is 21.8 Å². The number of carbonyl (C=O) groups is 1. The number of rotatable bonds is 5. The molecule has 0 atom stereocenters. The predicted molar refractivity (Wildman–Crippen MR) is 106 cm³/mol. The van der Waals surface area contributed by atoms with Gasteiger partial charge in [-0.1, -0.05) is 30.3 Å². The Hall–Kier alpha value is -2.81. The van der Waals surface area contributed by atoms with Crippen LogP contribution < -0.4 is 10.0 Å². The normalized spacial score (nSPS) is 15.0. The zero-order valence-corrected chi connectivity index (χ0v) is 15.7. The van der Waals surface area contributed by atoms with Crippen molar-refractivity contribution < 1.29 is 13.2 Å². The minimum Gasteiger partial charge on any atom is -0.321 e. The first-order valence-corrected chi connectivity index (χ1v) is 10.5. The molecule has 2 aromatic carbocycles. The van der Waals surface area contributed by atoms with Gasteiger partial charge in [0.2, 0.25) is 10.0 Å². The van der Waals surface area contributed by atoms with E-state index in [-0.39, 0.29) is 17.3 Å². The zero-order chi connectivity index (χ0) is 18.9. The fourth-order valence-corrected chi connectivity index (χ4v) is 4.38. The third kappa shape index (κ3) is 3.68. The Balaban J connectivity index is 1.64. The van der Waals surface area contributed by atoms with Gasteiger partial charge in [-0.15, -0.1) is 11.3 Å². The van der Waals surface area contributed by atoms with E-state index < -0.39 is 10.0 Å². The predicted octanol–water partition coefficient (Wildman–Crippen LogP) is 3.11. The topological polar surface area (TPSA) is 88.2 Å². The first-order valence-electron chi connectivity index (χ1n) is 8.13. The van der Waals surface area contributed by atoms with Crippen LogP contribution in [-0.2, 0) is 21.4 Å². The Morgan fingerprint density at radius 2 is 1.96 bits per heavy atom.